The predicted molar refractivity (Wildman–Crippen MR) is 89.9 cm³/mol. The summed E-state index contributed by atoms with van der Waals surface area (Å²) in [7, 11) is 0. The Labute approximate surface area is 142 Å². The number of rotatable bonds is 3. The maximum Gasteiger partial charge on any atom is 0.248 e. The lowest BCUT2D eigenvalue weighted by Crippen LogP contribution is -2.62. The maximum absolute atomic E-state index is 13.9. The first-order chi connectivity index (χ1) is 11.5. The van der Waals surface area contributed by atoms with E-state index in [-0.39, 0.29) is 30.1 Å². The van der Waals surface area contributed by atoms with Gasteiger partial charge in [0.25, 0.3) is 0 Å². The van der Waals surface area contributed by atoms with E-state index in [9.17, 15) is 14.0 Å². The fourth-order valence-corrected chi connectivity index (χ4v) is 4.13. The number of amides is 2. The van der Waals surface area contributed by atoms with E-state index in [0.717, 1.165) is 32.2 Å². The molecule has 3 rings (SSSR count). The van der Waals surface area contributed by atoms with Crippen molar-refractivity contribution in [1.82, 2.24) is 9.80 Å². The summed E-state index contributed by atoms with van der Waals surface area (Å²) in [4.78, 5) is 29.6. The van der Waals surface area contributed by atoms with Crippen LogP contribution < -0.4 is 0 Å². The van der Waals surface area contributed by atoms with E-state index in [1.807, 2.05) is 18.7 Å². The van der Waals surface area contributed by atoms with E-state index in [1.165, 1.54) is 6.07 Å². The van der Waals surface area contributed by atoms with Crippen molar-refractivity contribution in [3.8, 4) is 0 Å². The number of carbonyl (C=O) groups is 2. The molecule has 0 bridgehead atoms. The highest BCUT2D eigenvalue weighted by Gasteiger charge is 2.52. The van der Waals surface area contributed by atoms with Crippen LogP contribution in [0.3, 0.4) is 0 Å². The average Bonchev–Trinajstić information content (AvgIpc) is 2.97. The SMILES string of the molecule is CC(C)N1CCCC2(CCCN2C(=O)Cc2ccccc2F)C1=O. The Morgan fingerprint density at radius 2 is 1.88 bits per heavy atom. The van der Waals surface area contributed by atoms with Crippen LogP contribution in [0.25, 0.3) is 0 Å². The van der Waals surface area contributed by atoms with Crippen LogP contribution in [0, 0.1) is 5.82 Å². The summed E-state index contributed by atoms with van der Waals surface area (Å²) >= 11 is 0. The Balaban J connectivity index is 1.83. The minimum atomic E-state index is -0.704. The molecule has 0 N–H and O–H groups in total. The second-order valence-corrected chi connectivity index (χ2v) is 7.14. The van der Waals surface area contributed by atoms with Gasteiger partial charge in [-0.3, -0.25) is 9.59 Å². The van der Waals surface area contributed by atoms with Crippen LogP contribution >= 0.6 is 0 Å². The predicted octanol–water partition coefficient (Wildman–Crippen LogP) is 2.76. The van der Waals surface area contributed by atoms with Gasteiger partial charge in [-0.1, -0.05) is 18.2 Å². The first kappa shape index (κ1) is 16.9. The van der Waals surface area contributed by atoms with Crippen LogP contribution in [0.4, 0.5) is 4.39 Å². The number of hydrogen-bond acceptors (Lipinski definition) is 2. The molecule has 1 spiro atoms. The number of nitrogens with zero attached hydrogens (tertiary/aromatic N) is 2. The summed E-state index contributed by atoms with van der Waals surface area (Å²) in [5.41, 5.74) is -0.307. The van der Waals surface area contributed by atoms with Crippen molar-refractivity contribution in [2.24, 2.45) is 0 Å². The molecular weight excluding hydrogens is 307 g/mol. The van der Waals surface area contributed by atoms with Gasteiger partial charge in [0, 0.05) is 19.1 Å². The van der Waals surface area contributed by atoms with Gasteiger partial charge in [0.15, 0.2) is 0 Å². The van der Waals surface area contributed by atoms with Crippen molar-refractivity contribution in [2.45, 2.75) is 57.5 Å². The lowest BCUT2D eigenvalue weighted by molar-refractivity contribution is -0.156. The van der Waals surface area contributed by atoms with E-state index in [0.29, 0.717) is 12.1 Å². The summed E-state index contributed by atoms with van der Waals surface area (Å²) in [5, 5.41) is 0. The largest absolute Gasteiger partial charge is 0.338 e. The lowest BCUT2D eigenvalue weighted by atomic mass is 9.84. The lowest BCUT2D eigenvalue weighted by Gasteiger charge is -2.46. The van der Waals surface area contributed by atoms with Gasteiger partial charge in [0.2, 0.25) is 11.8 Å². The highest BCUT2D eigenvalue weighted by molar-refractivity contribution is 5.93. The minimum absolute atomic E-state index is 0.0172. The molecule has 1 aromatic carbocycles. The third-order valence-corrected chi connectivity index (χ3v) is 5.36. The first-order valence-electron chi connectivity index (χ1n) is 8.80. The zero-order valence-corrected chi connectivity index (χ0v) is 14.4. The molecule has 2 aliphatic rings. The van der Waals surface area contributed by atoms with Gasteiger partial charge in [-0.05, 0) is 51.2 Å². The average molecular weight is 332 g/mol. The van der Waals surface area contributed by atoms with Crippen LogP contribution in [0.1, 0.15) is 45.1 Å². The molecule has 1 aromatic rings. The van der Waals surface area contributed by atoms with Crippen molar-refractivity contribution in [1.29, 1.82) is 0 Å². The topological polar surface area (TPSA) is 40.6 Å². The molecule has 2 heterocycles. The minimum Gasteiger partial charge on any atom is -0.338 e. The molecule has 24 heavy (non-hydrogen) atoms. The first-order valence-corrected chi connectivity index (χ1v) is 8.80. The Morgan fingerprint density at radius 1 is 1.21 bits per heavy atom. The third-order valence-electron chi connectivity index (χ3n) is 5.36. The molecule has 0 aromatic heterocycles. The van der Waals surface area contributed by atoms with Gasteiger partial charge in [0.1, 0.15) is 11.4 Å². The molecule has 4 nitrogen and oxygen atoms in total. The molecule has 0 radical (unpaired) electrons. The Hall–Kier alpha value is -1.91. The molecule has 2 fully saturated rings. The van der Waals surface area contributed by atoms with E-state index in [1.54, 1.807) is 23.1 Å². The zero-order chi connectivity index (χ0) is 17.3. The molecule has 130 valence electrons. The number of hydrogen-bond donors (Lipinski definition) is 0. The second kappa shape index (κ2) is 6.54. The van der Waals surface area contributed by atoms with E-state index in [2.05, 4.69) is 0 Å². The summed E-state index contributed by atoms with van der Waals surface area (Å²) in [6.45, 7) is 5.37. The summed E-state index contributed by atoms with van der Waals surface area (Å²) in [6, 6.07) is 6.50. The molecule has 1 atom stereocenters. The molecule has 2 amide bonds. The van der Waals surface area contributed by atoms with Crippen LogP contribution in [-0.4, -0.2) is 46.3 Å². The third kappa shape index (κ3) is 2.80. The molecule has 2 aliphatic heterocycles. The van der Waals surface area contributed by atoms with Gasteiger partial charge >= 0.3 is 0 Å². The highest BCUT2D eigenvalue weighted by atomic mass is 19.1. The molecule has 0 aliphatic carbocycles. The highest BCUT2D eigenvalue weighted by Crippen LogP contribution is 2.39. The number of carbonyl (C=O) groups excluding carboxylic acids is 2. The van der Waals surface area contributed by atoms with Crippen molar-refractivity contribution in [3.63, 3.8) is 0 Å². The molecule has 2 saturated heterocycles. The van der Waals surface area contributed by atoms with Gasteiger partial charge < -0.3 is 9.80 Å². The summed E-state index contributed by atoms with van der Waals surface area (Å²) in [5.74, 6) is -0.433. The number of likely N-dealkylation sites (tertiary alicyclic amines) is 2. The Bertz CT molecular complexity index is 646. The van der Waals surface area contributed by atoms with Gasteiger partial charge in [-0.25, -0.2) is 4.39 Å². The smallest absolute Gasteiger partial charge is 0.248 e. The van der Waals surface area contributed by atoms with Gasteiger partial charge in [-0.2, -0.15) is 0 Å². The summed E-state index contributed by atoms with van der Waals surface area (Å²) in [6.07, 6.45) is 3.20. The fraction of sp³-hybridized carbons (Fsp3) is 0.579. The number of benzene rings is 1. The standard InChI is InChI=1S/C19H25FN2O2/c1-14(2)21-11-5-9-19(18(21)24)10-6-12-22(19)17(23)13-15-7-3-4-8-16(15)20/h3-4,7-8,14H,5-6,9-13H2,1-2H3. The van der Waals surface area contributed by atoms with Crippen molar-refractivity contribution < 1.29 is 14.0 Å². The molecule has 5 heteroatoms. The molecular formula is C19H25FN2O2. The number of piperidine rings is 1. The quantitative estimate of drug-likeness (QED) is 0.854. The molecule has 1 unspecified atom stereocenters. The van der Waals surface area contributed by atoms with Crippen LogP contribution in [0.2, 0.25) is 0 Å². The van der Waals surface area contributed by atoms with Crippen molar-refractivity contribution in [3.05, 3.63) is 35.6 Å². The van der Waals surface area contributed by atoms with Crippen LogP contribution in [0.5, 0.6) is 0 Å². The van der Waals surface area contributed by atoms with Crippen molar-refractivity contribution >= 4 is 11.8 Å². The monoisotopic (exact) mass is 332 g/mol. The molecule has 0 saturated carbocycles. The Morgan fingerprint density at radius 3 is 2.54 bits per heavy atom. The van der Waals surface area contributed by atoms with E-state index in [4.69, 9.17) is 0 Å². The van der Waals surface area contributed by atoms with E-state index < -0.39 is 5.54 Å². The van der Waals surface area contributed by atoms with Crippen LogP contribution in [0.15, 0.2) is 24.3 Å². The normalized spacial score (nSPS) is 24.2. The fourth-order valence-electron chi connectivity index (χ4n) is 4.13. The van der Waals surface area contributed by atoms with Crippen molar-refractivity contribution in [2.75, 3.05) is 13.1 Å². The van der Waals surface area contributed by atoms with E-state index >= 15 is 0 Å². The second-order valence-electron chi connectivity index (χ2n) is 7.14. The van der Waals surface area contributed by atoms with Gasteiger partial charge in [-0.15, -0.1) is 0 Å². The maximum atomic E-state index is 13.9. The zero-order valence-electron chi connectivity index (χ0n) is 14.4. The summed E-state index contributed by atoms with van der Waals surface area (Å²) < 4.78 is 13.9. The van der Waals surface area contributed by atoms with Gasteiger partial charge in [0.05, 0.1) is 6.42 Å². The Kier molecular flexibility index (Phi) is 4.61. The van der Waals surface area contributed by atoms with Crippen LogP contribution in [-0.2, 0) is 16.0 Å². The number of halogens is 1.